The number of halogens is 3. The lowest BCUT2D eigenvalue weighted by atomic mass is 9.80. The molecule has 1 fully saturated rings. The van der Waals surface area contributed by atoms with Gasteiger partial charge in [0.05, 0.1) is 0 Å². The Morgan fingerprint density at radius 2 is 1.85 bits per heavy atom. The van der Waals surface area contributed by atoms with Gasteiger partial charge < -0.3 is 5.32 Å². The monoisotopic (exact) mass is 364 g/mol. The van der Waals surface area contributed by atoms with Gasteiger partial charge in [0.1, 0.15) is 5.82 Å². The van der Waals surface area contributed by atoms with Gasteiger partial charge in [0.25, 0.3) is 0 Å². The first-order chi connectivity index (χ1) is 8.89. The van der Waals surface area contributed by atoms with Crippen molar-refractivity contribution in [1.82, 2.24) is 10.2 Å². The molecule has 114 valence electrons. The fraction of sp³-hybridized carbons (Fsp3) is 0.600. The van der Waals surface area contributed by atoms with Crippen molar-refractivity contribution < 1.29 is 4.39 Å². The highest BCUT2D eigenvalue weighted by molar-refractivity contribution is 9.10. The van der Waals surface area contributed by atoms with Crippen LogP contribution in [0.15, 0.2) is 22.7 Å². The second kappa shape index (κ2) is 7.21. The Labute approximate surface area is 135 Å². The zero-order valence-corrected chi connectivity index (χ0v) is 14.7. The van der Waals surface area contributed by atoms with Crippen LogP contribution in [0.1, 0.15) is 32.4 Å². The highest BCUT2D eigenvalue weighted by atomic mass is 79.9. The minimum atomic E-state index is -0.118. The number of rotatable bonds is 2. The molecule has 1 saturated heterocycles. The molecule has 2 nitrogen and oxygen atoms in total. The average Bonchev–Trinajstić information content (AvgIpc) is 2.32. The smallest absolute Gasteiger partial charge is 0.129 e. The third-order valence-electron chi connectivity index (χ3n) is 3.59. The Morgan fingerprint density at radius 3 is 2.35 bits per heavy atom. The van der Waals surface area contributed by atoms with Crippen LogP contribution in [0.5, 0.6) is 0 Å². The van der Waals surface area contributed by atoms with Gasteiger partial charge in [-0.3, -0.25) is 4.90 Å². The van der Waals surface area contributed by atoms with Crippen molar-refractivity contribution in [2.75, 3.05) is 26.2 Å². The molecule has 1 N–H and O–H groups in total. The molecule has 1 heterocycles. The van der Waals surface area contributed by atoms with Gasteiger partial charge in [-0.25, -0.2) is 4.39 Å². The van der Waals surface area contributed by atoms with Crippen LogP contribution in [-0.2, 0) is 0 Å². The summed E-state index contributed by atoms with van der Waals surface area (Å²) in [5.74, 6) is -0.118. The molecule has 1 aliphatic heterocycles. The lowest BCUT2D eigenvalue weighted by molar-refractivity contribution is 0.0834. The van der Waals surface area contributed by atoms with Crippen LogP contribution in [-0.4, -0.2) is 31.1 Å². The summed E-state index contributed by atoms with van der Waals surface area (Å²) in [7, 11) is 0. The molecule has 1 aromatic rings. The number of piperazine rings is 1. The maximum Gasteiger partial charge on any atom is 0.129 e. The molecule has 0 spiro atoms. The summed E-state index contributed by atoms with van der Waals surface area (Å²) in [6.07, 6.45) is 0. The summed E-state index contributed by atoms with van der Waals surface area (Å²) in [5.41, 5.74) is 0.809. The maximum atomic E-state index is 14.3. The van der Waals surface area contributed by atoms with Crippen LogP contribution in [0.3, 0.4) is 0 Å². The van der Waals surface area contributed by atoms with E-state index in [1.807, 2.05) is 12.1 Å². The highest BCUT2D eigenvalue weighted by Crippen LogP contribution is 2.39. The first-order valence-electron chi connectivity index (χ1n) is 6.79. The Hall–Kier alpha value is -0.160. The van der Waals surface area contributed by atoms with E-state index in [1.54, 1.807) is 6.07 Å². The summed E-state index contributed by atoms with van der Waals surface area (Å²) >= 11 is 3.33. The molecular weight excluding hydrogens is 343 g/mol. The van der Waals surface area contributed by atoms with Crippen molar-refractivity contribution >= 4 is 28.3 Å². The van der Waals surface area contributed by atoms with E-state index in [2.05, 4.69) is 46.9 Å². The highest BCUT2D eigenvalue weighted by Gasteiger charge is 2.34. The van der Waals surface area contributed by atoms with Gasteiger partial charge in [-0.05, 0) is 17.5 Å². The van der Waals surface area contributed by atoms with Crippen molar-refractivity contribution in [3.8, 4) is 0 Å². The van der Waals surface area contributed by atoms with Gasteiger partial charge in [-0.15, -0.1) is 12.4 Å². The SMILES string of the molecule is CC(C)(C)[C@H](c1ccc(Br)cc1F)N1CCNCC1.Cl. The van der Waals surface area contributed by atoms with Crippen molar-refractivity contribution in [2.24, 2.45) is 5.41 Å². The topological polar surface area (TPSA) is 15.3 Å². The van der Waals surface area contributed by atoms with E-state index in [0.717, 1.165) is 36.2 Å². The lowest BCUT2D eigenvalue weighted by Gasteiger charge is -2.42. The molecule has 0 aliphatic carbocycles. The lowest BCUT2D eigenvalue weighted by Crippen LogP contribution is -2.48. The molecule has 1 atom stereocenters. The first-order valence-corrected chi connectivity index (χ1v) is 7.58. The summed E-state index contributed by atoms with van der Waals surface area (Å²) in [6, 6.07) is 5.52. The maximum absolute atomic E-state index is 14.3. The predicted molar refractivity (Wildman–Crippen MR) is 88.0 cm³/mol. The van der Waals surface area contributed by atoms with Gasteiger partial charge in [0.15, 0.2) is 0 Å². The molecule has 0 aromatic heterocycles. The van der Waals surface area contributed by atoms with Gasteiger partial charge >= 0.3 is 0 Å². The van der Waals surface area contributed by atoms with Gasteiger partial charge in [0, 0.05) is 42.3 Å². The largest absolute Gasteiger partial charge is 0.314 e. The summed E-state index contributed by atoms with van der Waals surface area (Å²) in [4.78, 5) is 2.39. The summed E-state index contributed by atoms with van der Waals surface area (Å²) < 4.78 is 15.1. The van der Waals surface area contributed by atoms with Crippen molar-refractivity contribution in [1.29, 1.82) is 0 Å². The van der Waals surface area contributed by atoms with E-state index in [1.165, 1.54) is 0 Å². The Bertz CT molecular complexity index is 442. The third-order valence-corrected chi connectivity index (χ3v) is 4.09. The normalized spacial score (nSPS) is 18.4. The second-order valence-electron chi connectivity index (χ2n) is 6.22. The molecule has 1 aromatic carbocycles. The summed E-state index contributed by atoms with van der Waals surface area (Å²) in [6.45, 7) is 10.4. The fourth-order valence-electron chi connectivity index (χ4n) is 2.87. The van der Waals surface area contributed by atoms with E-state index in [9.17, 15) is 4.39 Å². The van der Waals surface area contributed by atoms with Crippen LogP contribution in [0.25, 0.3) is 0 Å². The van der Waals surface area contributed by atoms with E-state index >= 15 is 0 Å². The van der Waals surface area contributed by atoms with Gasteiger partial charge in [0.2, 0.25) is 0 Å². The minimum Gasteiger partial charge on any atom is -0.314 e. The molecule has 0 saturated carbocycles. The fourth-order valence-corrected chi connectivity index (χ4v) is 3.21. The molecule has 5 heteroatoms. The number of hydrogen-bond acceptors (Lipinski definition) is 2. The van der Waals surface area contributed by atoms with Crippen molar-refractivity contribution in [3.05, 3.63) is 34.1 Å². The molecular formula is C15H23BrClFN2. The number of benzene rings is 1. The Balaban J connectivity index is 0.00000200. The van der Waals surface area contributed by atoms with E-state index in [4.69, 9.17) is 0 Å². The van der Waals surface area contributed by atoms with E-state index in [0.29, 0.717) is 0 Å². The van der Waals surface area contributed by atoms with Gasteiger partial charge in [-0.1, -0.05) is 42.8 Å². The predicted octanol–water partition coefficient (Wildman–Crippen LogP) is 4.00. The molecule has 0 unspecified atom stereocenters. The zero-order valence-electron chi connectivity index (χ0n) is 12.2. The van der Waals surface area contributed by atoms with Crippen molar-refractivity contribution in [2.45, 2.75) is 26.8 Å². The number of nitrogens with one attached hydrogen (secondary N) is 1. The Kier molecular flexibility index (Phi) is 6.45. The molecule has 0 radical (unpaired) electrons. The standard InChI is InChI=1S/C15H22BrFN2.ClH/c1-15(2,3)14(19-8-6-18-7-9-19)12-5-4-11(16)10-13(12)17;/h4-5,10,14,18H,6-9H2,1-3H3;1H/t14-;/m0./s1. The second-order valence-corrected chi connectivity index (χ2v) is 7.14. The van der Waals surface area contributed by atoms with E-state index < -0.39 is 0 Å². The third kappa shape index (κ3) is 4.17. The zero-order chi connectivity index (χ0) is 14.0. The number of nitrogens with zero attached hydrogens (tertiary/aromatic N) is 1. The van der Waals surface area contributed by atoms with Crippen LogP contribution >= 0.6 is 28.3 Å². The minimum absolute atomic E-state index is 0. The molecule has 0 amide bonds. The van der Waals surface area contributed by atoms with E-state index in [-0.39, 0.29) is 29.7 Å². The first kappa shape index (κ1) is 17.9. The number of hydrogen-bond donors (Lipinski definition) is 1. The quantitative estimate of drug-likeness (QED) is 0.852. The Morgan fingerprint density at radius 1 is 1.25 bits per heavy atom. The van der Waals surface area contributed by atoms with Gasteiger partial charge in [-0.2, -0.15) is 0 Å². The summed E-state index contributed by atoms with van der Waals surface area (Å²) in [5, 5.41) is 3.35. The van der Waals surface area contributed by atoms with Crippen molar-refractivity contribution in [3.63, 3.8) is 0 Å². The van der Waals surface area contributed by atoms with Crippen LogP contribution in [0.2, 0.25) is 0 Å². The molecule has 2 rings (SSSR count). The van der Waals surface area contributed by atoms with Crippen LogP contribution in [0.4, 0.5) is 4.39 Å². The van der Waals surface area contributed by atoms with Crippen LogP contribution in [0, 0.1) is 11.2 Å². The molecule has 1 aliphatic rings. The molecule has 0 bridgehead atoms. The average molecular weight is 366 g/mol. The van der Waals surface area contributed by atoms with Crippen LogP contribution < -0.4 is 5.32 Å². The molecule has 20 heavy (non-hydrogen) atoms.